The van der Waals surface area contributed by atoms with Crippen molar-refractivity contribution in [1.29, 1.82) is 0 Å². The molecule has 10 heavy (non-hydrogen) atoms. The first-order valence-electron chi connectivity index (χ1n) is 4.16. The monoisotopic (exact) mass is 268 g/mol. The van der Waals surface area contributed by atoms with Gasteiger partial charge in [0.2, 0.25) is 0 Å². The molecule has 0 N–H and O–H groups in total. The molecule has 0 aromatic carbocycles. The number of alkyl halides is 1. The molecule has 0 aliphatic heterocycles. The third-order valence-corrected chi connectivity index (χ3v) is 7.63. The van der Waals surface area contributed by atoms with Crippen LogP contribution in [0.4, 0.5) is 0 Å². The van der Waals surface area contributed by atoms with E-state index in [1.165, 1.54) is 19.3 Å². The number of halogens is 1. The van der Waals surface area contributed by atoms with Gasteiger partial charge < -0.3 is 0 Å². The summed E-state index contributed by atoms with van der Waals surface area (Å²) in [5, 5.41) is 0. The summed E-state index contributed by atoms with van der Waals surface area (Å²) < 4.78 is 1.00. The van der Waals surface area contributed by atoms with E-state index >= 15 is 0 Å². The summed E-state index contributed by atoms with van der Waals surface area (Å²) >= 11 is 2.65. The minimum absolute atomic E-state index is 0.795. The number of hydrogen-bond donors (Lipinski definition) is 0. The Hall–Kier alpha value is 0.947. The zero-order valence-electron chi connectivity index (χ0n) is 7.15. The van der Waals surface area contributed by atoms with Crippen molar-refractivity contribution < 1.29 is 0 Å². The zero-order valence-corrected chi connectivity index (χ0v) is 10.3. The minimum Gasteiger partial charge on any atom is -0.0826 e. The molecule has 1 aliphatic rings. The van der Waals surface area contributed by atoms with Gasteiger partial charge in [-0.25, -0.2) is 0 Å². The van der Waals surface area contributed by atoms with E-state index < -0.39 is 8.07 Å². The summed E-state index contributed by atoms with van der Waals surface area (Å²) in [7, 11) is -0.795. The predicted molar refractivity (Wildman–Crippen MR) is 58.8 cm³/mol. The molecule has 1 fully saturated rings. The fourth-order valence-electron chi connectivity index (χ4n) is 1.89. The fraction of sp³-hybridized carbons (Fsp3) is 1.00. The Morgan fingerprint density at radius 3 is 2.00 bits per heavy atom. The third-order valence-electron chi connectivity index (χ3n) is 2.54. The smallest absolute Gasteiger partial charge is 0.0484 e. The highest BCUT2D eigenvalue weighted by Gasteiger charge is 2.35. The molecule has 0 saturated heterocycles. The maximum atomic E-state index is 2.65. The van der Waals surface area contributed by atoms with Gasteiger partial charge in [0.25, 0.3) is 0 Å². The lowest BCUT2D eigenvalue weighted by atomic mass is 10.4. The summed E-state index contributed by atoms with van der Waals surface area (Å²) in [6.45, 7) is 7.53. The van der Waals surface area contributed by atoms with Crippen molar-refractivity contribution in [3.8, 4) is 0 Å². The van der Waals surface area contributed by atoms with Crippen molar-refractivity contribution in [3.05, 3.63) is 0 Å². The van der Waals surface area contributed by atoms with Gasteiger partial charge in [-0.05, 0) is 12.0 Å². The van der Waals surface area contributed by atoms with E-state index in [1.54, 1.807) is 0 Å². The normalized spacial score (nSPS) is 34.8. The van der Waals surface area contributed by atoms with Crippen LogP contribution < -0.4 is 0 Å². The number of rotatable bonds is 1. The van der Waals surface area contributed by atoms with Crippen molar-refractivity contribution in [2.45, 2.75) is 48.4 Å². The molecule has 0 spiro atoms. The van der Waals surface area contributed by atoms with Crippen LogP contribution in [0.15, 0.2) is 0 Å². The minimum atomic E-state index is -0.795. The van der Waals surface area contributed by atoms with Gasteiger partial charge in [0.05, 0.1) is 0 Å². The molecule has 0 aromatic rings. The third kappa shape index (κ3) is 1.97. The summed E-state index contributed by atoms with van der Waals surface area (Å²) in [6.07, 6.45) is 4.49. The summed E-state index contributed by atoms with van der Waals surface area (Å²) in [4.78, 5) is 0. The van der Waals surface area contributed by atoms with Crippen molar-refractivity contribution >= 4 is 30.7 Å². The van der Waals surface area contributed by atoms with E-state index in [1.807, 2.05) is 0 Å². The Morgan fingerprint density at radius 1 is 1.20 bits per heavy atom. The second kappa shape index (κ2) is 3.13. The highest BCUT2D eigenvalue weighted by molar-refractivity contribution is 14.1. The fourth-order valence-corrected chi connectivity index (χ4v) is 8.25. The molecule has 0 nitrogen and oxygen atoms in total. The van der Waals surface area contributed by atoms with Crippen molar-refractivity contribution in [1.82, 2.24) is 0 Å². The maximum absolute atomic E-state index is 2.65. The van der Waals surface area contributed by atoms with Crippen molar-refractivity contribution in [2.75, 3.05) is 0 Å². The van der Waals surface area contributed by atoms with Crippen LogP contribution in [0.3, 0.4) is 0 Å². The maximum Gasteiger partial charge on any atom is 0.0484 e. The molecule has 1 aliphatic carbocycles. The molecule has 0 heterocycles. The van der Waals surface area contributed by atoms with E-state index in [0.717, 1.165) is 9.47 Å². The molecule has 60 valence electrons. The van der Waals surface area contributed by atoms with Gasteiger partial charge in [0.15, 0.2) is 0 Å². The second-order valence-electron chi connectivity index (χ2n) is 4.42. The van der Waals surface area contributed by atoms with Crippen LogP contribution in [0.5, 0.6) is 0 Å². The highest BCUT2D eigenvalue weighted by Crippen LogP contribution is 2.42. The molecule has 1 saturated carbocycles. The lowest BCUT2D eigenvalue weighted by Gasteiger charge is -2.27. The molecule has 0 amide bonds. The molecule has 2 heteroatoms. The SMILES string of the molecule is C[Si](C)(C)C1CCCC1I. The zero-order chi connectivity index (χ0) is 7.78. The van der Waals surface area contributed by atoms with E-state index in [4.69, 9.17) is 0 Å². The molecule has 0 aromatic heterocycles. The van der Waals surface area contributed by atoms with Gasteiger partial charge in [0.1, 0.15) is 0 Å². The van der Waals surface area contributed by atoms with Gasteiger partial charge in [-0.1, -0.05) is 55.1 Å². The Kier molecular flexibility index (Phi) is 2.83. The van der Waals surface area contributed by atoms with E-state index in [-0.39, 0.29) is 0 Å². The van der Waals surface area contributed by atoms with E-state index in [0.29, 0.717) is 0 Å². The van der Waals surface area contributed by atoms with Crippen LogP contribution in [0.1, 0.15) is 19.3 Å². The van der Waals surface area contributed by atoms with Crippen LogP contribution in [0.2, 0.25) is 25.2 Å². The average molecular weight is 268 g/mol. The van der Waals surface area contributed by atoms with Gasteiger partial charge >= 0.3 is 0 Å². The molecular formula is C8H17ISi. The topological polar surface area (TPSA) is 0 Å². The van der Waals surface area contributed by atoms with Crippen molar-refractivity contribution in [3.63, 3.8) is 0 Å². The van der Waals surface area contributed by atoms with Crippen LogP contribution in [-0.4, -0.2) is 12.0 Å². The molecule has 0 radical (unpaired) electrons. The van der Waals surface area contributed by atoms with Crippen LogP contribution in [0.25, 0.3) is 0 Å². The van der Waals surface area contributed by atoms with Crippen LogP contribution >= 0.6 is 22.6 Å². The first kappa shape index (κ1) is 9.04. The van der Waals surface area contributed by atoms with Gasteiger partial charge in [-0.2, -0.15) is 0 Å². The quantitative estimate of drug-likeness (QED) is 0.386. The first-order valence-corrected chi connectivity index (χ1v) is 8.98. The Labute approximate surface area is 78.9 Å². The van der Waals surface area contributed by atoms with E-state index in [9.17, 15) is 0 Å². The van der Waals surface area contributed by atoms with E-state index in [2.05, 4.69) is 42.2 Å². The number of hydrogen-bond acceptors (Lipinski definition) is 0. The molecule has 2 atom stereocenters. The summed E-state index contributed by atoms with van der Waals surface area (Å²) in [5.74, 6) is 0. The molecular weight excluding hydrogens is 251 g/mol. The second-order valence-corrected chi connectivity index (χ2v) is 11.5. The van der Waals surface area contributed by atoms with Gasteiger partial charge in [-0.3, -0.25) is 0 Å². The first-order chi connectivity index (χ1) is 4.52. The summed E-state index contributed by atoms with van der Waals surface area (Å²) in [6, 6.07) is 0. The predicted octanol–water partition coefficient (Wildman–Crippen LogP) is 3.68. The average Bonchev–Trinajstić information content (AvgIpc) is 2.11. The lowest BCUT2D eigenvalue weighted by molar-refractivity contribution is 0.859. The van der Waals surface area contributed by atoms with Crippen LogP contribution in [-0.2, 0) is 0 Å². The standard InChI is InChI=1S/C8H17ISi/c1-10(2,3)8-6-4-5-7(8)9/h7-8H,4-6H2,1-3H3. The lowest BCUT2D eigenvalue weighted by Crippen LogP contribution is -2.30. The van der Waals surface area contributed by atoms with Gasteiger partial charge in [0, 0.05) is 12.0 Å². The molecule has 1 rings (SSSR count). The largest absolute Gasteiger partial charge is 0.0826 e. The highest BCUT2D eigenvalue weighted by atomic mass is 127. The Bertz CT molecular complexity index is 117. The van der Waals surface area contributed by atoms with Crippen LogP contribution in [0, 0.1) is 0 Å². The van der Waals surface area contributed by atoms with Gasteiger partial charge in [-0.15, -0.1) is 0 Å². The Balaban J connectivity index is 2.55. The van der Waals surface area contributed by atoms with Crippen molar-refractivity contribution in [2.24, 2.45) is 0 Å². The molecule has 2 unspecified atom stereocenters. The summed E-state index contributed by atoms with van der Waals surface area (Å²) in [5.41, 5.74) is 1.10. The molecule has 0 bridgehead atoms. The Morgan fingerprint density at radius 2 is 1.80 bits per heavy atom.